The summed E-state index contributed by atoms with van der Waals surface area (Å²) in [5.41, 5.74) is 0.461. The van der Waals surface area contributed by atoms with Crippen molar-refractivity contribution in [3.63, 3.8) is 0 Å². The summed E-state index contributed by atoms with van der Waals surface area (Å²) in [7, 11) is 1.49. The Labute approximate surface area is 117 Å². The highest BCUT2D eigenvalue weighted by atomic mass is 16.5. The van der Waals surface area contributed by atoms with Crippen LogP contribution in [0.2, 0.25) is 0 Å². The summed E-state index contributed by atoms with van der Waals surface area (Å²) >= 11 is 0. The molecule has 1 aromatic heterocycles. The Morgan fingerprint density at radius 1 is 1.45 bits per heavy atom. The van der Waals surface area contributed by atoms with Crippen LogP contribution in [0.15, 0.2) is 18.3 Å². The Morgan fingerprint density at radius 2 is 2.20 bits per heavy atom. The molecule has 7 nitrogen and oxygen atoms in total. The van der Waals surface area contributed by atoms with Gasteiger partial charge < -0.3 is 20.5 Å². The Morgan fingerprint density at radius 3 is 2.70 bits per heavy atom. The molecule has 0 saturated carbocycles. The number of rotatable bonds is 7. The minimum atomic E-state index is -1.04. The zero-order valence-electron chi connectivity index (χ0n) is 11.5. The standard InChI is InChI=1S/C13H19N3O4/c1-3-4-5-10(12(17)18)16-13(19)15-9-6-7-11(20-2)14-8-9/h6-8,10H,3-5H2,1-2H3,(H,17,18)(H2,15,16,19). The first kappa shape index (κ1) is 15.7. The van der Waals surface area contributed by atoms with Crippen LogP contribution in [-0.4, -0.2) is 35.2 Å². The monoisotopic (exact) mass is 281 g/mol. The third-order valence-corrected chi connectivity index (χ3v) is 2.65. The van der Waals surface area contributed by atoms with E-state index in [0.29, 0.717) is 18.0 Å². The van der Waals surface area contributed by atoms with Crippen molar-refractivity contribution in [1.29, 1.82) is 0 Å². The largest absolute Gasteiger partial charge is 0.481 e. The number of urea groups is 1. The van der Waals surface area contributed by atoms with Gasteiger partial charge in [0, 0.05) is 6.07 Å². The van der Waals surface area contributed by atoms with Gasteiger partial charge in [-0.05, 0) is 12.5 Å². The molecule has 1 aromatic rings. The van der Waals surface area contributed by atoms with Crippen molar-refractivity contribution >= 4 is 17.7 Å². The molecule has 3 N–H and O–H groups in total. The topological polar surface area (TPSA) is 101 Å². The van der Waals surface area contributed by atoms with Crippen LogP contribution in [0.25, 0.3) is 0 Å². The molecule has 0 saturated heterocycles. The normalized spacial score (nSPS) is 11.5. The van der Waals surface area contributed by atoms with Gasteiger partial charge in [-0.15, -0.1) is 0 Å². The van der Waals surface area contributed by atoms with Crippen molar-refractivity contribution in [2.24, 2.45) is 0 Å². The van der Waals surface area contributed by atoms with E-state index in [9.17, 15) is 9.59 Å². The molecule has 0 spiro atoms. The average Bonchev–Trinajstić information content (AvgIpc) is 2.44. The van der Waals surface area contributed by atoms with E-state index in [2.05, 4.69) is 15.6 Å². The first-order valence-corrected chi connectivity index (χ1v) is 6.37. The molecular weight excluding hydrogens is 262 g/mol. The van der Waals surface area contributed by atoms with Crippen LogP contribution in [0.5, 0.6) is 5.88 Å². The number of carbonyl (C=O) groups excluding carboxylic acids is 1. The lowest BCUT2D eigenvalue weighted by Crippen LogP contribution is -2.42. The number of anilines is 1. The molecule has 1 atom stereocenters. The van der Waals surface area contributed by atoms with Gasteiger partial charge in [-0.25, -0.2) is 14.6 Å². The zero-order chi connectivity index (χ0) is 15.0. The van der Waals surface area contributed by atoms with E-state index in [0.717, 1.165) is 12.8 Å². The predicted octanol–water partition coefficient (Wildman–Crippen LogP) is 1.86. The van der Waals surface area contributed by atoms with Crippen LogP contribution in [0.4, 0.5) is 10.5 Å². The van der Waals surface area contributed by atoms with Crippen molar-refractivity contribution in [2.45, 2.75) is 32.2 Å². The van der Waals surface area contributed by atoms with E-state index < -0.39 is 18.0 Å². The number of hydrogen-bond acceptors (Lipinski definition) is 4. The van der Waals surface area contributed by atoms with Gasteiger partial charge in [0.1, 0.15) is 6.04 Å². The second kappa shape index (κ2) is 7.98. The maximum absolute atomic E-state index is 11.7. The van der Waals surface area contributed by atoms with Crippen molar-refractivity contribution in [1.82, 2.24) is 10.3 Å². The van der Waals surface area contributed by atoms with Crippen LogP contribution < -0.4 is 15.4 Å². The molecule has 0 aliphatic carbocycles. The van der Waals surface area contributed by atoms with E-state index in [1.165, 1.54) is 13.3 Å². The van der Waals surface area contributed by atoms with Gasteiger partial charge in [0.05, 0.1) is 19.0 Å². The second-order valence-electron chi connectivity index (χ2n) is 4.22. The van der Waals surface area contributed by atoms with Gasteiger partial charge in [-0.2, -0.15) is 0 Å². The highest BCUT2D eigenvalue weighted by Crippen LogP contribution is 2.11. The number of carbonyl (C=O) groups is 2. The Kier molecular flexibility index (Phi) is 6.28. The highest BCUT2D eigenvalue weighted by molar-refractivity contribution is 5.92. The highest BCUT2D eigenvalue weighted by Gasteiger charge is 2.19. The summed E-state index contributed by atoms with van der Waals surface area (Å²) in [6, 6.07) is 1.76. The maximum Gasteiger partial charge on any atom is 0.326 e. The summed E-state index contributed by atoms with van der Waals surface area (Å²) in [4.78, 5) is 26.6. The van der Waals surface area contributed by atoms with Crippen molar-refractivity contribution < 1.29 is 19.4 Å². The number of nitrogens with zero attached hydrogens (tertiary/aromatic N) is 1. The molecule has 110 valence electrons. The first-order valence-electron chi connectivity index (χ1n) is 6.37. The van der Waals surface area contributed by atoms with E-state index >= 15 is 0 Å². The third kappa shape index (κ3) is 5.13. The zero-order valence-corrected chi connectivity index (χ0v) is 11.5. The van der Waals surface area contributed by atoms with Gasteiger partial charge in [0.15, 0.2) is 0 Å². The molecule has 0 bridgehead atoms. The third-order valence-electron chi connectivity index (χ3n) is 2.65. The van der Waals surface area contributed by atoms with E-state index in [4.69, 9.17) is 9.84 Å². The molecular formula is C13H19N3O4. The smallest absolute Gasteiger partial charge is 0.326 e. The van der Waals surface area contributed by atoms with Crippen LogP contribution >= 0.6 is 0 Å². The van der Waals surface area contributed by atoms with Crippen molar-refractivity contribution in [3.8, 4) is 5.88 Å². The quantitative estimate of drug-likeness (QED) is 0.708. The van der Waals surface area contributed by atoms with Gasteiger partial charge in [0.25, 0.3) is 0 Å². The number of aliphatic carboxylic acids is 1. The second-order valence-corrected chi connectivity index (χ2v) is 4.22. The molecule has 0 fully saturated rings. The predicted molar refractivity (Wildman–Crippen MR) is 73.9 cm³/mol. The van der Waals surface area contributed by atoms with E-state index in [-0.39, 0.29) is 0 Å². The number of pyridine rings is 1. The summed E-state index contributed by atoms with van der Waals surface area (Å²) in [5, 5.41) is 14.0. The van der Waals surface area contributed by atoms with Gasteiger partial charge >= 0.3 is 12.0 Å². The number of unbranched alkanes of at least 4 members (excludes halogenated alkanes) is 1. The van der Waals surface area contributed by atoms with Crippen LogP contribution in [0.1, 0.15) is 26.2 Å². The molecule has 7 heteroatoms. The average molecular weight is 281 g/mol. The molecule has 1 rings (SSSR count). The van der Waals surface area contributed by atoms with E-state index in [1.807, 2.05) is 6.92 Å². The summed E-state index contributed by atoms with van der Waals surface area (Å²) in [6.07, 6.45) is 3.44. The van der Waals surface area contributed by atoms with Gasteiger partial charge in [-0.1, -0.05) is 19.8 Å². The lowest BCUT2D eigenvalue weighted by molar-refractivity contribution is -0.139. The number of hydrogen-bond donors (Lipinski definition) is 3. The van der Waals surface area contributed by atoms with E-state index in [1.54, 1.807) is 12.1 Å². The van der Waals surface area contributed by atoms with Crippen molar-refractivity contribution in [2.75, 3.05) is 12.4 Å². The fourth-order valence-electron chi connectivity index (χ4n) is 1.57. The Hall–Kier alpha value is -2.31. The van der Waals surface area contributed by atoms with Crippen LogP contribution in [-0.2, 0) is 4.79 Å². The Balaban J connectivity index is 2.53. The summed E-state index contributed by atoms with van der Waals surface area (Å²) in [5.74, 6) is -0.608. The molecule has 2 amide bonds. The first-order chi connectivity index (χ1) is 9.56. The SMILES string of the molecule is CCCCC(NC(=O)Nc1ccc(OC)nc1)C(=O)O. The molecule has 1 unspecified atom stereocenters. The number of aromatic nitrogens is 1. The molecule has 0 aromatic carbocycles. The number of nitrogens with one attached hydrogen (secondary N) is 2. The molecule has 20 heavy (non-hydrogen) atoms. The Bertz CT molecular complexity index is 447. The number of carboxylic acid groups (broad SMARTS) is 1. The van der Waals surface area contributed by atoms with Gasteiger partial charge in [0.2, 0.25) is 5.88 Å². The minimum absolute atomic E-state index is 0.403. The van der Waals surface area contributed by atoms with Crippen LogP contribution in [0, 0.1) is 0 Å². The van der Waals surface area contributed by atoms with Gasteiger partial charge in [-0.3, -0.25) is 0 Å². The molecule has 0 aliphatic heterocycles. The minimum Gasteiger partial charge on any atom is -0.481 e. The number of ether oxygens (including phenoxy) is 1. The fraction of sp³-hybridized carbons (Fsp3) is 0.462. The van der Waals surface area contributed by atoms with Crippen molar-refractivity contribution in [3.05, 3.63) is 18.3 Å². The maximum atomic E-state index is 11.7. The number of methoxy groups -OCH3 is 1. The fourth-order valence-corrected chi connectivity index (χ4v) is 1.57. The lowest BCUT2D eigenvalue weighted by atomic mass is 10.1. The number of carboxylic acids is 1. The molecule has 1 heterocycles. The summed E-state index contributed by atoms with van der Waals surface area (Å²) in [6.45, 7) is 1.96. The number of amides is 2. The lowest BCUT2D eigenvalue weighted by Gasteiger charge is -2.14. The molecule has 0 aliphatic rings. The molecule has 0 radical (unpaired) electrons. The summed E-state index contributed by atoms with van der Waals surface area (Å²) < 4.78 is 4.90. The van der Waals surface area contributed by atoms with Crippen LogP contribution in [0.3, 0.4) is 0 Å².